The molecular weight excluding hydrogens is 200 g/mol. The Morgan fingerprint density at radius 2 is 1.88 bits per heavy atom. The molecule has 3 nitrogen and oxygen atoms in total. The smallest absolute Gasteiger partial charge is 0.0862 e. The summed E-state index contributed by atoms with van der Waals surface area (Å²) in [6.07, 6.45) is 7.76. The maximum atomic E-state index is 5.55. The number of nitrogens with one attached hydrogen (secondary N) is 1. The van der Waals surface area contributed by atoms with Crippen LogP contribution in [0.1, 0.15) is 32.1 Å². The molecule has 3 aliphatic rings. The molecule has 0 aromatic carbocycles. The highest BCUT2D eigenvalue weighted by atomic mass is 16.5. The maximum absolute atomic E-state index is 5.55. The summed E-state index contributed by atoms with van der Waals surface area (Å²) in [6.45, 7) is 4.82. The van der Waals surface area contributed by atoms with E-state index in [4.69, 9.17) is 4.74 Å². The third kappa shape index (κ3) is 1.79. The zero-order valence-electron chi connectivity index (χ0n) is 10.4. The lowest BCUT2D eigenvalue weighted by Crippen LogP contribution is -2.63. The lowest BCUT2D eigenvalue weighted by Gasteiger charge is -2.55. The van der Waals surface area contributed by atoms with Gasteiger partial charge in [-0.2, -0.15) is 0 Å². The van der Waals surface area contributed by atoms with Gasteiger partial charge in [0.15, 0.2) is 0 Å². The van der Waals surface area contributed by atoms with E-state index >= 15 is 0 Å². The van der Waals surface area contributed by atoms with Crippen LogP contribution in [0.5, 0.6) is 0 Å². The summed E-state index contributed by atoms with van der Waals surface area (Å²) in [5, 5.41) is 3.45. The fourth-order valence-corrected chi connectivity index (χ4v) is 3.91. The van der Waals surface area contributed by atoms with Crippen molar-refractivity contribution in [3.63, 3.8) is 0 Å². The van der Waals surface area contributed by atoms with Gasteiger partial charge in [0.2, 0.25) is 0 Å². The Hall–Kier alpha value is -0.120. The van der Waals surface area contributed by atoms with Crippen molar-refractivity contribution in [1.29, 1.82) is 0 Å². The van der Waals surface area contributed by atoms with Crippen molar-refractivity contribution in [3.05, 3.63) is 0 Å². The van der Waals surface area contributed by atoms with Gasteiger partial charge in [0.1, 0.15) is 0 Å². The van der Waals surface area contributed by atoms with E-state index in [2.05, 4.69) is 10.2 Å². The van der Waals surface area contributed by atoms with Crippen molar-refractivity contribution < 1.29 is 4.74 Å². The molecule has 92 valence electrons. The molecule has 0 radical (unpaired) electrons. The fraction of sp³-hybridized carbons (Fsp3) is 1.00. The van der Waals surface area contributed by atoms with Crippen LogP contribution in [0.15, 0.2) is 0 Å². The quantitative estimate of drug-likeness (QED) is 0.764. The Morgan fingerprint density at radius 3 is 2.56 bits per heavy atom. The monoisotopic (exact) mass is 224 g/mol. The Bertz CT molecular complexity index is 242. The van der Waals surface area contributed by atoms with Gasteiger partial charge in [-0.05, 0) is 18.3 Å². The molecular formula is C13H24N2O. The molecule has 2 heterocycles. The van der Waals surface area contributed by atoms with Crippen LogP contribution in [-0.4, -0.2) is 50.3 Å². The number of rotatable bonds is 2. The SMILES string of the molecule is CO[C@H]1CNCC1N1CC2(CCCCC2)C1. The van der Waals surface area contributed by atoms with Crippen molar-refractivity contribution >= 4 is 0 Å². The Balaban J connectivity index is 1.55. The summed E-state index contributed by atoms with van der Waals surface area (Å²) in [5.41, 5.74) is 0.707. The largest absolute Gasteiger partial charge is 0.378 e. The molecule has 2 saturated heterocycles. The predicted molar refractivity (Wildman–Crippen MR) is 64.5 cm³/mol. The minimum atomic E-state index is 0.418. The van der Waals surface area contributed by atoms with E-state index in [1.807, 2.05) is 7.11 Å². The fourth-order valence-electron chi connectivity index (χ4n) is 3.91. The van der Waals surface area contributed by atoms with Gasteiger partial charge in [-0.3, -0.25) is 4.90 Å². The zero-order valence-corrected chi connectivity index (χ0v) is 10.4. The van der Waals surface area contributed by atoms with E-state index < -0.39 is 0 Å². The van der Waals surface area contributed by atoms with Crippen molar-refractivity contribution in [2.75, 3.05) is 33.3 Å². The number of methoxy groups -OCH3 is 1. The Labute approximate surface area is 98.5 Å². The molecule has 3 heteroatoms. The first kappa shape index (κ1) is 11.0. The van der Waals surface area contributed by atoms with Crippen molar-refractivity contribution in [3.8, 4) is 0 Å². The first-order chi connectivity index (χ1) is 7.83. The van der Waals surface area contributed by atoms with Crippen molar-refractivity contribution in [2.24, 2.45) is 5.41 Å². The summed E-state index contributed by atoms with van der Waals surface area (Å²) in [7, 11) is 1.85. The van der Waals surface area contributed by atoms with Crippen LogP contribution in [0.3, 0.4) is 0 Å². The van der Waals surface area contributed by atoms with E-state index in [1.165, 1.54) is 45.2 Å². The molecule has 1 spiro atoms. The number of hydrogen-bond donors (Lipinski definition) is 1. The molecule has 0 amide bonds. The molecule has 3 fully saturated rings. The number of nitrogens with zero attached hydrogens (tertiary/aromatic N) is 1. The molecule has 1 saturated carbocycles. The van der Waals surface area contributed by atoms with Gasteiger partial charge >= 0.3 is 0 Å². The first-order valence-electron chi connectivity index (χ1n) is 6.81. The van der Waals surface area contributed by atoms with Gasteiger partial charge < -0.3 is 10.1 Å². The molecule has 0 aromatic heterocycles. The van der Waals surface area contributed by atoms with Crippen molar-refractivity contribution in [1.82, 2.24) is 10.2 Å². The summed E-state index contributed by atoms with van der Waals surface area (Å²) in [5.74, 6) is 0. The van der Waals surface area contributed by atoms with Crippen molar-refractivity contribution in [2.45, 2.75) is 44.2 Å². The van der Waals surface area contributed by atoms with Crippen LogP contribution in [0.2, 0.25) is 0 Å². The molecule has 0 aromatic rings. The average Bonchev–Trinajstić information content (AvgIpc) is 2.74. The van der Waals surface area contributed by atoms with Crippen LogP contribution >= 0.6 is 0 Å². The lowest BCUT2D eigenvalue weighted by atomic mass is 9.68. The first-order valence-corrected chi connectivity index (χ1v) is 6.81. The highest BCUT2D eigenvalue weighted by Gasteiger charge is 2.48. The van der Waals surface area contributed by atoms with E-state index in [-0.39, 0.29) is 0 Å². The van der Waals surface area contributed by atoms with E-state index in [9.17, 15) is 0 Å². The van der Waals surface area contributed by atoms with Crippen LogP contribution in [-0.2, 0) is 4.74 Å². The van der Waals surface area contributed by atoms with Gasteiger partial charge in [-0.1, -0.05) is 19.3 Å². The highest BCUT2D eigenvalue weighted by molar-refractivity contribution is 5.02. The van der Waals surface area contributed by atoms with Crippen LogP contribution in [0.25, 0.3) is 0 Å². The second-order valence-electron chi connectivity index (χ2n) is 5.97. The molecule has 16 heavy (non-hydrogen) atoms. The second-order valence-corrected chi connectivity index (χ2v) is 5.97. The summed E-state index contributed by atoms with van der Waals surface area (Å²) >= 11 is 0. The number of hydrogen-bond acceptors (Lipinski definition) is 3. The highest BCUT2D eigenvalue weighted by Crippen LogP contribution is 2.45. The number of ether oxygens (including phenoxy) is 1. The van der Waals surface area contributed by atoms with Gasteiger partial charge in [0, 0.05) is 39.3 Å². The Kier molecular flexibility index (Phi) is 2.94. The topological polar surface area (TPSA) is 24.5 Å². The summed E-state index contributed by atoms with van der Waals surface area (Å²) < 4.78 is 5.55. The second kappa shape index (κ2) is 4.28. The lowest BCUT2D eigenvalue weighted by molar-refractivity contribution is -0.0793. The van der Waals surface area contributed by atoms with E-state index in [0.29, 0.717) is 17.6 Å². The third-order valence-corrected chi connectivity index (χ3v) is 4.89. The average molecular weight is 224 g/mol. The van der Waals surface area contributed by atoms with Gasteiger partial charge in [-0.25, -0.2) is 0 Å². The normalized spacial score (nSPS) is 38.8. The molecule has 3 rings (SSSR count). The molecule has 1 N–H and O–H groups in total. The van der Waals surface area contributed by atoms with Crippen LogP contribution in [0.4, 0.5) is 0 Å². The molecule has 2 atom stereocenters. The number of likely N-dealkylation sites (tertiary alicyclic amines) is 1. The van der Waals surface area contributed by atoms with Gasteiger partial charge in [-0.15, -0.1) is 0 Å². The molecule has 0 bridgehead atoms. The van der Waals surface area contributed by atoms with E-state index in [1.54, 1.807) is 0 Å². The van der Waals surface area contributed by atoms with Gasteiger partial charge in [0.05, 0.1) is 6.10 Å². The molecule has 2 aliphatic heterocycles. The Morgan fingerprint density at radius 1 is 1.12 bits per heavy atom. The standard InChI is InChI=1S/C13H24N2O/c1-16-12-8-14-7-11(12)15-9-13(10-15)5-3-2-4-6-13/h11-12,14H,2-10H2,1H3/t11?,12-/m0/s1. The minimum Gasteiger partial charge on any atom is -0.378 e. The third-order valence-electron chi connectivity index (χ3n) is 4.89. The molecule has 1 aliphatic carbocycles. The van der Waals surface area contributed by atoms with Gasteiger partial charge in [0.25, 0.3) is 0 Å². The summed E-state index contributed by atoms with van der Waals surface area (Å²) in [6, 6.07) is 0.637. The minimum absolute atomic E-state index is 0.418. The van der Waals surface area contributed by atoms with E-state index in [0.717, 1.165) is 13.1 Å². The maximum Gasteiger partial charge on any atom is 0.0862 e. The summed E-state index contributed by atoms with van der Waals surface area (Å²) in [4.78, 5) is 2.65. The van der Waals surface area contributed by atoms with Crippen LogP contribution < -0.4 is 5.32 Å². The van der Waals surface area contributed by atoms with Crippen LogP contribution in [0, 0.1) is 5.41 Å². The molecule has 1 unspecified atom stereocenters. The predicted octanol–water partition coefficient (Wildman–Crippen LogP) is 1.24. The zero-order chi connectivity index (χ0) is 11.0.